The molecule has 0 spiro atoms. The van der Waals surface area contributed by atoms with Crippen molar-refractivity contribution in [2.24, 2.45) is 5.92 Å². The van der Waals surface area contributed by atoms with Crippen molar-refractivity contribution in [2.75, 3.05) is 0 Å². The van der Waals surface area contributed by atoms with Crippen LogP contribution in [0, 0.1) is 5.92 Å². The van der Waals surface area contributed by atoms with Crippen LogP contribution in [0.1, 0.15) is 27.2 Å². The van der Waals surface area contributed by atoms with Crippen LogP contribution >= 0.6 is 0 Å². The first-order chi connectivity index (χ1) is 6.99. The molecular formula is C13H20N2. The summed E-state index contributed by atoms with van der Waals surface area (Å²) in [7, 11) is 0. The standard InChI is InChI=1S/C13H20N2/c1-7-9(4)14-15-13-11(6)10(5)12(13)8(2)3/h8,14-15H,4-7H2,1-3H3. The molecule has 0 unspecified atom stereocenters. The normalized spacial score (nSPS) is 15.5. The summed E-state index contributed by atoms with van der Waals surface area (Å²) in [4.78, 5) is 0. The Balaban J connectivity index is 2.71. The van der Waals surface area contributed by atoms with Crippen molar-refractivity contribution < 1.29 is 0 Å². The Morgan fingerprint density at radius 2 is 1.87 bits per heavy atom. The zero-order chi connectivity index (χ0) is 11.6. The van der Waals surface area contributed by atoms with Crippen molar-refractivity contribution >= 4 is 0 Å². The van der Waals surface area contributed by atoms with Crippen LogP contribution in [-0.4, -0.2) is 0 Å². The molecule has 0 aliphatic heterocycles. The highest BCUT2D eigenvalue weighted by Crippen LogP contribution is 2.39. The van der Waals surface area contributed by atoms with E-state index in [0.29, 0.717) is 5.92 Å². The van der Waals surface area contributed by atoms with E-state index in [1.165, 1.54) is 5.57 Å². The molecule has 1 aliphatic carbocycles. The summed E-state index contributed by atoms with van der Waals surface area (Å²) < 4.78 is 0. The minimum Gasteiger partial charge on any atom is -0.306 e. The molecule has 0 amide bonds. The van der Waals surface area contributed by atoms with E-state index >= 15 is 0 Å². The minimum atomic E-state index is 0.474. The third kappa shape index (κ3) is 2.14. The first-order valence-corrected chi connectivity index (χ1v) is 5.31. The summed E-state index contributed by atoms with van der Waals surface area (Å²) in [5.41, 5.74) is 11.6. The van der Waals surface area contributed by atoms with Gasteiger partial charge in [-0.25, -0.2) is 0 Å². The minimum absolute atomic E-state index is 0.474. The van der Waals surface area contributed by atoms with Gasteiger partial charge in [-0.2, -0.15) is 0 Å². The van der Waals surface area contributed by atoms with E-state index < -0.39 is 0 Å². The summed E-state index contributed by atoms with van der Waals surface area (Å²) >= 11 is 0. The molecule has 0 saturated heterocycles. The Bertz CT molecular complexity index is 346. The summed E-state index contributed by atoms with van der Waals surface area (Å²) in [5.74, 6) is 0.474. The van der Waals surface area contributed by atoms with E-state index in [2.05, 4.69) is 51.4 Å². The fourth-order valence-electron chi connectivity index (χ4n) is 1.58. The Kier molecular flexibility index (Phi) is 3.40. The van der Waals surface area contributed by atoms with E-state index in [4.69, 9.17) is 0 Å². The fourth-order valence-corrected chi connectivity index (χ4v) is 1.58. The lowest BCUT2D eigenvalue weighted by atomic mass is 9.78. The van der Waals surface area contributed by atoms with Crippen LogP contribution in [0.3, 0.4) is 0 Å². The summed E-state index contributed by atoms with van der Waals surface area (Å²) in [5, 5.41) is 0. The molecule has 2 nitrogen and oxygen atoms in total. The molecule has 2 heteroatoms. The van der Waals surface area contributed by atoms with Crippen molar-refractivity contribution in [3.8, 4) is 0 Å². The first kappa shape index (κ1) is 11.6. The maximum atomic E-state index is 3.99. The maximum Gasteiger partial charge on any atom is 0.0652 e. The number of hydrogen-bond donors (Lipinski definition) is 2. The molecule has 82 valence electrons. The van der Waals surface area contributed by atoms with E-state index in [0.717, 1.165) is 29.0 Å². The molecule has 0 fully saturated rings. The molecule has 1 aliphatic rings. The summed E-state index contributed by atoms with van der Waals surface area (Å²) in [6.07, 6.45) is 0.907. The molecule has 0 aromatic rings. The van der Waals surface area contributed by atoms with Gasteiger partial charge in [-0.3, -0.25) is 0 Å². The highest BCUT2D eigenvalue weighted by Gasteiger charge is 2.27. The molecule has 0 aromatic carbocycles. The number of hydrazine groups is 1. The van der Waals surface area contributed by atoms with Gasteiger partial charge in [0.25, 0.3) is 0 Å². The van der Waals surface area contributed by atoms with Gasteiger partial charge < -0.3 is 10.9 Å². The van der Waals surface area contributed by atoms with Gasteiger partial charge in [-0.15, -0.1) is 0 Å². The van der Waals surface area contributed by atoms with Crippen LogP contribution < -0.4 is 10.9 Å². The van der Waals surface area contributed by atoms with Crippen molar-refractivity contribution in [1.82, 2.24) is 10.9 Å². The molecule has 0 atom stereocenters. The molecule has 0 bridgehead atoms. The molecule has 0 saturated carbocycles. The van der Waals surface area contributed by atoms with Gasteiger partial charge >= 0.3 is 0 Å². The Morgan fingerprint density at radius 3 is 2.33 bits per heavy atom. The third-order valence-electron chi connectivity index (χ3n) is 2.63. The van der Waals surface area contributed by atoms with Crippen molar-refractivity contribution in [2.45, 2.75) is 27.2 Å². The topological polar surface area (TPSA) is 24.1 Å². The second kappa shape index (κ2) is 4.39. The number of hydrogen-bond acceptors (Lipinski definition) is 2. The molecule has 1 rings (SSSR count). The van der Waals surface area contributed by atoms with Crippen molar-refractivity contribution in [3.05, 3.63) is 47.9 Å². The van der Waals surface area contributed by atoms with Crippen LogP contribution in [0.5, 0.6) is 0 Å². The second-order valence-corrected chi connectivity index (χ2v) is 4.11. The predicted molar refractivity (Wildman–Crippen MR) is 65.8 cm³/mol. The van der Waals surface area contributed by atoms with E-state index in [1.807, 2.05) is 0 Å². The number of nitrogens with one attached hydrogen (secondary N) is 2. The molecule has 0 heterocycles. The maximum absolute atomic E-state index is 3.99. The van der Waals surface area contributed by atoms with Crippen molar-refractivity contribution in [3.63, 3.8) is 0 Å². The quantitative estimate of drug-likeness (QED) is 0.673. The molecule has 2 N–H and O–H groups in total. The molecule has 0 radical (unpaired) electrons. The number of allylic oxidation sites excluding steroid dienone is 3. The predicted octanol–water partition coefficient (Wildman–Crippen LogP) is 3.04. The SMILES string of the molecule is C=C(CC)NNC1=C(C(C)C)C(=C)C1=C. The monoisotopic (exact) mass is 204 g/mol. The molecule has 0 aromatic heterocycles. The zero-order valence-electron chi connectivity index (χ0n) is 9.91. The van der Waals surface area contributed by atoms with Crippen LogP contribution in [0.4, 0.5) is 0 Å². The fraction of sp³-hybridized carbons (Fsp3) is 0.385. The lowest BCUT2D eigenvalue weighted by Crippen LogP contribution is -2.36. The smallest absolute Gasteiger partial charge is 0.0652 e. The van der Waals surface area contributed by atoms with Gasteiger partial charge in [0.1, 0.15) is 0 Å². The van der Waals surface area contributed by atoms with Gasteiger partial charge in [0.2, 0.25) is 0 Å². The van der Waals surface area contributed by atoms with E-state index in [-0.39, 0.29) is 0 Å². The number of rotatable bonds is 5. The first-order valence-electron chi connectivity index (χ1n) is 5.31. The van der Waals surface area contributed by atoms with E-state index in [1.54, 1.807) is 0 Å². The Morgan fingerprint density at radius 1 is 1.27 bits per heavy atom. The summed E-state index contributed by atoms with van der Waals surface area (Å²) in [6, 6.07) is 0. The van der Waals surface area contributed by atoms with Crippen LogP contribution in [0.15, 0.2) is 47.9 Å². The molecule has 15 heavy (non-hydrogen) atoms. The molecular weight excluding hydrogens is 184 g/mol. The van der Waals surface area contributed by atoms with Gasteiger partial charge in [0, 0.05) is 5.70 Å². The van der Waals surface area contributed by atoms with Gasteiger partial charge in [-0.1, -0.05) is 40.5 Å². The summed E-state index contributed by atoms with van der Waals surface area (Å²) in [6.45, 7) is 18.2. The zero-order valence-corrected chi connectivity index (χ0v) is 9.91. The highest BCUT2D eigenvalue weighted by molar-refractivity contribution is 5.67. The van der Waals surface area contributed by atoms with Crippen molar-refractivity contribution in [1.29, 1.82) is 0 Å². The Hall–Kier alpha value is -1.44. The third-order valence-corrected chi connectivity index (χ3v) is 2.63. The van der Waals surface area contributed by atoms with Gasteiger partial charge in [0.05, 0.1) is 5.70 Å². The Labute approximate surface area is 92.4 Å². The van der Waals surface area contributed by atoms with E-state index in [9.17, 15) is 0 Å². The second-order valence-electron chi connectivity index (χ2n) is 4.11. The van der Waals surface area contributed by atoms with Gasteiger partial charge in [0.15, 0.2) is 0 Å². The van der Waals surface area contributed by atoms with Crippen LogP contribution in [0.2, 0.25) is 0 Å². The average Bonchev–Trinajstić information content (AvgIpc) is 2.21. The highest BCUT2D eigenvalue weighted by atomic mass is 15.4. The lowest BCUT2D eigenvalue weighted by Gasteiger charge is -2.33. The van der Waals surface area contributed by atoms with Crippen LogP contribution in [0.25, 0.3) is 0 Å². The average molecular weight is 204 g/mol. The van der Waals surface area contributed by atoms with Gasteiger partial charge in [-0.05, 0) is 29.1 Å². The van der Waals surface area contributed by atoms with Crippen LogP contribution in [-0.2, 0) is 0 Å². The largest absolute Gasteiger partial charge is 0.306 e. The lowest BCUT2D eigenvalue weighted by molar-refractivity contribution is 0.634.